The summed E-state index contributed by atoms with van der Waals surface area (Å²) in [7, 11) is 2.59. The lowest BCUT2D eigenvalue weighted by Gasteiger charge is -2.32. The van der Waals surface area contributed by atoms with Gasteiger partial charge in [0.15, 0.2) is 22.5 Å². The molecule has 2 aliphatic rings. The van der Waals surface area contributed by atoms with E-state index in [-0.39, 0.29) is 36.9 Å². The minimum absolute atomic E-state index is 0. The van der Waals surface area contributed by atoms with Crippen LogP contribution in [0.25, 0.3) is 0 Å². The molecule has 0 radical (unpaired) electrons. The number of allylic oxidation sites excluding steroid dienone is 1. The number of ether oxygens (including phenoxy) is 2. The maximum absolute atomic E-state index is 14.5. The van der Waals surface area contributed by atoms with E-state index in [2.05, 4.69) is 20.4 Å². The highest BCUT2D eigenvalue weighted by atomic mass is 35.5. The van der Waals surface area contributed by atoms with Crippen molar-refractivity contribution in [3.05, 3.63) is 79.7 Å². The van der Waals surface area contributed by atoms with E-state index < -0.39 is 28.7 Å². The van der Waals surface area contributed by atoms with Gasteiger partial charge in [0.05, 0.1) is 43.5 Å². The van der Waals surface area contributed by atoms with Crippen molar-refractivity contribution in [2.45, 2.75) is 45.7 Å². The van der Waals surface area contributed by atoms with Crippen molar-refractivity contribution in [3.8, 4) is 0 Å². The Morgan fingerprint density at radius 2 is 2.05 bits per heavy atom. The first kappa shape index (κ1) is 29.3. The summed E-state index contributed by atoms with van der Waals surface area (Å²) in [5.74, 6) is -3.10. The first-order valence-corrected chi connectivity index (χ1v) is 13.4. The summed E-state index contributed by atoms with van der Waals surface area (Å²) in [4.78, 5) is 33.8. The largest absolute Gasteiger partial charge is 0.469 e. The molecule has 1 aliphatic carbocycles. The zero-order chi connectivity index (χ0) is 27.7. The Balaban J connectivity index is 0.00000370. The fourth-order valence-corrected chi connectivity index (χ4v) is 5.72. The van der Waals surface area contributed by atoms with Gasteiger partial charge in [0, 0.05) is 35.0 Å². The Morgan fingerprint density at radius 1 is 1.25 bits per heavy atom. The Kier molecular flexibility index (Phi) is 8.99. The summed E-state index contributed by atoms with van der Waals surface area (Å²) in [6.45, 7) is 0.385. The van der Waals surface area contributed by atoms with Crippen molar-refractivity contribution in [2.24, 2.45) is 10.9 Å². The quantitative estimate of drug-likeness (QED) is 0.311. The molecule has 0 saturated heterocycles. The second-order valence-electron chi connectivity index (χ2n) is 9.06. The number of benzene rings is 1. The van der Waals surface area contributed by atoms with Crippen LogP contribution in [0.2, 0.25) is 5.02 Å². The number of hydrogen-bond acceptors (Lipinski definition) is 9. The fourth-order valence-electron chi connectivity index (χ4n) is 4.88. The molecule has 1 aromatic carbocycles. The van der Waals surface area contributed by atoms with Crippen LogP contribution in [0, 0.1) is 17.6 Å². The molecule has 0 saturated carbocycles. The number of carbonyl (C=O) groups is 2. The van der Waals surface area contributed by atoms with Crippen LogP contribution in [0.15, 0.2) is 46.2 Å². The zero-order valence-electron chi connectivity index (χ0n) is 21.0. The van der Waals surface area contributed by atoms with Crippen LogP contribution in [-0.2, 0) is 38.4 Å². The highest BCUT2D eigenvalue weighted by molar-refractivity contribution is 7.11. The van der Waals surface area contributed by atoms with E-state index in [1.807, 2.05) is 6.20 Å². The van der Waals surface area contributed by atoms with Crippen molar-refractivity contribution >= 4 is 40.7 Å². The van der Waals surface area contributed by atoms with Gasteiger partial charge < -0.3 is 14.8 Å². The molecule has 0 bridgehead atoms. The van der Waals surface area contributed by atoms with Gasteiger partial charge in [-0.3, -0.25) is 14.5 Å². The zero-order valence-corrected chi connectivity index (χ0v) is 22.6. The molecule has 1 aliphatic heterocycles. The molecular formula is C27H28ClF2N5O4S. The van der Waals surface area contributed by atoms with Crippen molar-refractivity contribution < 1.29 is 27.8 Å². The Bertz CT molecular complexity index is 1490. The average Bonchev–Trinajstić information content (AvgIpc) is 3.63. The number of aryl methyl sites for hydroxylation is 2. The Labute approximate surface area is 238 Å². The second-order valence-corrected chi connectivity index (χ2v) is 10.3. The SMILES string of the molecule is C.COC(=O)CCn1cc2c(n1)CCC(C1=C(C(=O)OC)C(c3ccc(F)c(F)c3Cl)N=C(c3nccs3)N1)C2. The smallest absolute Gasteiger partial charge is 0.338 e. The van der Waals surface area contributed by atoms with Crippen LogP contribution in [0.1, 0.15) is 48.1 Å². The van der Waals surface area contributed by atoms with E-state index >= 15 is 0 Å². The summed E-state index contributed by atoms with van der Waals surface area (Å²) >= 11 is 7.59. The number of rotatable bonds is 7. The number of nitrogens with one attached hydrogen (secondary N) is 1. The minimum Gasteiger partial charge on any atom is -0.469 e. The lowest BCUT2D eigenvalue weighted by Crippen LogP contribution is -2.38. The lowest BCUT2D eigenvalue weighted by molar-refractivity contribution is -0.141. The average molecular weight is 592 g/mol. The Hall–Kier alpha value is -3.64. The number of amidine groups is 1. The molecule has 0 spiro atoms. The summed E-state index contributed by atoms with van der Waals surface area (Å²) in [6.07, 6.45) is 5.53. The number of halogens is 3. The van der Waals surface area contributed by atoms with Gasteiger partial charge in [-0.05, 0) is 30.9 Å². The van der Waals surface area contributed by atoms with Gasteiger partial charge in [-0.1, -0.05) is 25.1 Å². The van der Waals surface area contributed by atoms with Gasteiger partial charge >= 0.3 is 11.9 Å². The molecule has 212 valence electrons. The summed E-state index contributed by atoms with van der Waals surface area (Å²) in [5, 5.41) is 9.80. The van der Waals surface area contributed by atoms with Crippen LogP contribution in [0.5, 0.6) is 0 Å². The molecule has 2 unspecified atom stereocenters. The van der Waals surface area contributed by atoms with E-state index in [0.29, 0.717) is 42.3 Å². The summed E-state index contributed by atoms with van der Waals surface area (Å²) in [6, 6.07) is 1.23. The standard InChI is InChI=1S/C26H24ClF2N5O4S.CH4/c1-37-18(35)7-9-34-12-14-11-13(3-6-17(14)33-34)22-19(26(36)38-2)23(15-4-5-16(28)21(29)20(15)27)32-24(31-22)25-30-8-10-39-25;/h4-5,8,10,12-13,23H,3,6-7,9,11H2,1-2H3,(H,31,32);1H4. The maximum Gasteiger partial charge on any atom is 0.338 e. The molecule has 0 amide bonds. The minimum atomic E-state index is -1.22. The van der Waals surface area contributed by atoms with E-state index in [4.69, 9.17) is 21.1 Å². The predicted molar refractivity (Wildman–Crippen MR) is 146 cm³/mol. The van der Waals surface area contributed by atoms with E-state index in [1.165, 1.54) is 31.6 Å². The Morgan fingerprint density at radius 3 is 2.75 bits per heavy atom. The van der Waals surface area contributed by atoms with Crippen LogP contribution < -0.4 is 5.32 Å². The van der Waals surface area contributed by atoms with E-state index in [0.717, 1.165) is 17.3 Å². The number of hydrogen-bond donors (Lipinski definition) is 1. The number of thiazole rings is 1. The van der Waals surface area contributed by atoms with E-state index in [1.54, 1.807) is 16.3 Å². The van der Waals surface area contributed by atoms with Crippen LogP contribution in [-0.4, -0.2) is 46.8 Å². The number of aliphatic imine (C=N–C) groups is 1. The molecule has 5 rings (SSSR count). The highest BCUT2D eigenvalue weighted by Gasteiger charge is 2.38. The molecule has 1 N–H and O–H groups in total. The summed E-state index contributed by atoms with van der Waals surface area (Å²) in [5.41, 5.74) is 2.76. The van der Waals surface area contributed by atoms with Gasteiger partial charge in [-0.15, -0.1) is 11.3 Å². The van der Waals surface area contributed by atoms with Crippen LogP contribution >= 0.6 is 22.9 Å². The fraction of sp³-hybridized carbons (Fsp3) is 0.370. The third-order valence-electron chi connectivity index (χ3n) is 6.78. The normalized spacial score (nSPS) is 18.3. The van der Waals surface area contributed by atoms with Gasteiger partial charge in [0.2, 0.25) is 0 Å². The van der Waals surface area contributed by atoms with Crippen molar-refractivity contribution in [2.75, 3.05) is 14.2 Å². The number of aromatic nitrogens is 3. The molecule has 2 aromatic heterocycles. The van der Waals surface area contributed by atoms with Crippen molar-refractivity contribution in [1.82, 2.24) is 20.1 Å². The monoisotopic (exact) mass is 591 g/mol. The third-order valence-corrected chi connectivity index (χ3v) is 7.94. The number of fused-ring (bicyclic) bond motifs is 1. The van der Waals surface area contributed by atoms with Gasteiger partial charge in [-0.25, -0.2) is 18.6 Å². The van der Waals surface area contributed by atoms with Gasteiger partial charge in [0.25, 0.3) is 0 Å². The topological polar surface area (TPSA) is 108 Å². The molecule has 13 heteroatoms. The molecule has 0 fully saturated rings. The van der Waals surface area contributed by atoms with Crippen molar-refractivity contribution in [3.63, 3.8) is 0 Å². The molecule has 40 heavy (non-hydrogen) atoms. The molecule has 3 heterocycles. The summed E-state index contributed by atoms with van der Waals surface area (Å²) < 4.78 is 40.0. The number of esters is 2. The molecular weight excluding hydrogens is 564 g/mol. The number of nitrogens with zero attached hydrogens (tertiary/aromatic N) is 4. The van der Waals surface area contributed by atoms with Gasteiger partial charge in [0.1, 0.15) is 6.04 Å². The third kappa shape index (κ3) is 5.64. The van der Waals surface area contributed by atoms with E-state index in [9.17, 15) is 18.4 Å². The first-order valence-electron chi connectivity index (χ1n) is 12.1. The number of methoxy groups -OCH3 is 2. The first-order chi connectivity index (χ1) is 18.8. The number of carbonyl (C=O) groups excluding carboxylic acids is 2. The molecule has 3 aromatic rings. The van der Waals surface area contributed by atoms with Gasteiger partial charge in [-0.2, -0.15) is 5.10 Å². The molecule has 2 atom stereocenters. The van der Waals surface area contributed by atoms with Crippen LogP contribution in [0.4, 0.5) is 8.78 Å². The second kappa shape index (κ2) is 12.3. The molecule has 9 nitrogen and oxygen atoms in total. The maximum atomic E-state index is 14.5. The predicted octanol–water partition coefficient (Wildman–Crippen LogP) is 4.79. The highest BCUT2D eigenvalue weighted by Crippen LogP contribution is 2.41. The lowest BCUT2D eigenvalue weighted by atomic mass is 9.81. The van der Waals surface area contributed by atoms with Crippen LogP contribution in [0.3, 0.4) is 0 Å². The van der Waals surface area contributed by atoms with Crippen molar-refractivity contribution in [1.29, 1.82) is 0 Å².